The van der Waals surface area contributed by atoms with E-state index in [2.05, 4.69) is 0 Å². The zero-order valence-corrected chi connectivity index (χ0v) is 10.7. The molecule has 1 aliphatic carbocycles. The second-order valence-corrected chi connectivity index (χ2v) is 5.15. The van der Waals surface area contributed by atoms with Gasteiger partial charge in [-0.3, -0.25) is 4.79 Å². The molecule has 0 heterocycles. The van der Waals surface area contributed by atoms with E-state index in [4.69, 9.17) is 4.74 Å². The molecule has 0 aromatic heterocycles. The van der Waals surface area contributed by atoms with Crippen molar-refractivity contribution >= 4 is 5.97 Å². The van der Waals surface area contributed by atoms with E-state index in [1.165, 1.54) is 0 Å². The van der Waals surface area contributed by atoms with Gasteiger partial charge in [-0.05, 0) is 37.7 Å². The van der Waals surface area contributed by atoms with Crippen LogP contribution in [0.25, 0.3) is 0 Å². The third kappa shape index (κ3) is 2.29. The lowest BCUT2D eigenvalue weighted by Gasteiger charge is -2.45. The number of carbonyl (C=O) groups is 1. The number of hydrogen-bond acceptors (Lipinski definition) is 3. The number of aliphatic hydroxyl groups is 1. The van der Waals surface area contributed by atoms with Crippen molar-refractivity contribution in [2.24, 2.45) is 5.41 Å². The summed E-state index contributed by atoms with van der Waals surface area (Å²) >= 11 is 0. The van der Waals surface area contributed by atoms with Gasteiger partial charge in [-0.25, -0.2) is 0 Å². The summed E-state index contributed by atoms with van der Waals surface area (Å²) in [5.41, 5.74) is -0.451. The van der Waals surface area contributed by atoms with E-state index in [0.29, 0.717) is 6.61 Å². The first-order chi connectivity index (χ1) is 7.33. The van der Waals surface area contributed by atoms with Gasteiger partial charge in [0.05, 0.1) is 13.0 Å². The first-order valence-electron chi connectivity index (χ1n) is 5.89. The molecule has 0 saturated heterocycles. The highest BCUT2D eigenvalue weighted by Crippen LogP contribution is 2.46. The van der Waals surface area contributed by atoms with Gasteiger partial charge in [-0.15, -0.1) is 0 Å². The van der Waals surface area contributed by atoms with Crippen molar-refractivity contribution in [3.63, 3.8) is 0 Å². The molecule has 92 valence electrons. The maximum Gasteiger partial charge on any atom is 0.309 e. The molecule has 1 atom stereocenters. The van der Waals surface area contributed by atoms with Crippen LogP contribution >= 0.6 is 0 Å². The van der Waals surface area contributed by atoms with Crippen LogP contribution < -0.4 is 0 Å². The Morgan fingerprint density at radius 1 is 1.56 bits per heavy atom. The van der Waals surface area contributed by atoms with Gasteiger partial charge in [0, 0.05) is 0 Å². The quantitative estimate of drug-likeness (QED) is 0.594. The van der Waals surface area contributed by atoms with Gasteiger partial charge in [0.2, 0.25) is 0 Å². The van der Waals surface area contributed by atoms with Crippen LogP contribution in [0.5, 0.6) is 0 Å². The standard InChI is InChI=1S/C13H22O3/c1-5-16-11(14)9-13(15)10(2)7-6-8-12(13,3)4/h7,15H,5-6,8-9H2,1-4H3. The Bertz CT molecular complexity index is 304. The maximum atomic E-state index is 11.5. The van der Waals surface area contributed by atoms with Gasteiger partial charge >= 0.3 is 5.97 Å². The van der Waals surface area contributed by atoms with Gasteiger partial charge in [0.1, 0.15) is 5.60 Å². The predicted octanol–water partition coefficient (Wildman–Crippen LogP) is 2.44. The van der Waals surface area contributed by atoms with E-state index in [9.17, 15) is 9.90 Å². The molecule has 3 heteroatoms. The Morgan fingerprint density at radius 2 is 2.19 bits per heavy atom. The SMILES string of the molecule is CCOC(=O)CC1(O)C(C)=CCCC1(C)C. The minimum Gasteiger partial charge on any atom is -0.466 e. The van der Waals surface area contributed by atoms with Crippen LogP contribution in [0.2, 0.25) is 0 Å². The number of esters is 1. The van der Waals surface area contributed by atoms with Crippen LogP contribution in [0.1, 0.15) is 47.0 Å². The Kier molecular flexibility index (Phi) is 3.79. The van der Waals surface area contributed by atoms with Crippen molar-refractivity contribution < 1.29 is 14.6 Å². The fourth-order valence-electron chi connectivity index (χ4n) is 2.36. The second-order valence-electron chi connectivity index (χ2n) is 5.15. The van der Waals surface area contributed by atoms with Gasteiger partial charge in [-0.1, -0.05) is 19.9 Å². The van der Waals surface area contributed by atoms with E-state index in [0.717, 1.165) is 18.4 Å². The van der Waals surface area contributed by atoms with E-state index in [1.807, 2.05) is 26.8 Å². The van der Waals surface area contributed by atoms with Crippen molar-refractivity contribution in [3.8, 4) is 0 Å². The van der Waals surface area contributed by atoms with Crippen LogP contribution in [0.15, 0.2) is 11.6 Å². The average molecular weight is 226 g/mol. The highest BCUT2D eigenvalue weighted by Gasteiger charge is 2.47. The molecule has 1 rings (SSSR count). The number of allylic oxidation sites excluding steroid dienone is 1. The largest absolute Gasteiger partial charge is 0.466 e. The van der Waals surface area contributed by atoms with Gasteiger partial charge in [-0.2, -0.15) is 0 Å². The number of rotatable bonds is 3. The van der Waals surface area contributed by atoms with Crippen LogP contribution in [0.3, 0.4) is 0 Å². The molecular formula is C13H22O3. The maximum absolute atomic E-state index is 11.5. The third-order valence-corrected chi connectivity index (χ3v) is 3.70. The predicted molar refractivity (Wildman–Crippen MR) is 63.0 cm³/mol. The average Bonchev–Trinajstić information content (AvgIpc) is 2.15. The van der Waals surface area contributed by atoms with E-state index < -0.39 is 5.60 Å². The minimum absolute atomic E-state index is 0.0518. The molecule has 0 aromatic carbocycles. The summed E-state index contributed by atoms with van der Waals surface area (Å²) in [5.74, 6) is -0.326. The summed E-state index contributed by atoms with van der Waals surface area (Å²) in [6.45, 7) is 8.03. The van der Waals surface area contributed by atoms with E-state index >= 15 is 0 Å². The Balaban J connectivity index is 2.90. The molecule has 1 unspecified atom stereocenters. The first-order valence-corrected chi connectivity index (χ1v) is 5.89. The van der Waals surface area contributed by atoms with Crippen molar-refractivity contribution in [2.45, 2.75) is 52.6 Å². The van der Waals surface area contributed by atoms with Crippen molar-refractivity contribution in [3.05, 3.63) is 11.6 Å². The van der Waals surface area contributed by atoms with Crippen LogP contribution in [-0.4, -0.2) is 23.3 Å². The highest BCUT2D eigenvalue weighted by atomic mass is 16.5. The topological polar surface area (TPSA) is 46.5 Å². The van der Waals surface area contributed by atoms with Crippen molar-refractivity contribution in [1.29, 1.82) is 0 Å². The normalized spacial score (nSPS) is 28.4. The molecule has 0 spiro atoms. The van der Waals surface area contributed by atoms with Crippen LogP contribution in [0.4, 0.5) is 0 Å². The van der Waals surface area contributed by atoms with Crippen LogP contribution in [0, 0.1) is 5.41 Å². The lowest BCUT2D eigenvalue weighted by atomic mass is 9.64. The Hall–Kier alpha value is -0.830. The molecular weight excluding hydrogens is 204 g/mol. The van der Waals surface area contributed by atoms with Gasteiger partial charge in [0.15, 0.2) is 0 Å². The third-order valence-electron chi connectivity index (χ3n) is 3.70. The molecule has 0 aliphatic heterocycles. The summed E-state index contributed by atoms with van der Waals surface area (Å²) in [6, 6.07) is 0. The van der Waals surface area contributed by atoms with Gasteiger partial charge < -0.3 is 9.84 Å². The Labute approximate surface area is 97.5 Å². The van der Waals surface area contributed by atoms with Crippen molar-refractivity contribution in [2.75, 3.05) is 6.61 Å². The molecule has 0 radical (unpaired) electrons. The van der Waals surface area contributed by atoms with Crippen molar-refractivity contribution in [1.82, 2.24) is 0 Å². The minimum atomic E-state index is -1.06. The first kappa shape index (κ1) is 13.2. The Morgan fingerprint density at radius 3 is 2.69 bits per heavy atom. The summed E-state index contributed by atoms with van der Waals surface area (Å²) in [5, 5.41) is 10.7. The molecule has 3 nitrogen and oxygen atoms in total. The van der Waals surface area contributed by atoms with E-state index in [1.54, 1.807) is 6.92 Å². The van der Waals surface area contributed by atoms with E-state index in [-0.39, 0.29) is 17.8 Å². The summed E-state index contributed by atoms with van der Waals surface area (Å²) in [6.07, 6.45) is 3.92. The van der Waals surface area contributed by atoms with Crippen LogP contribution in [-0.2, 0) is 9.53 Å². The highest BCUT2D eigenvalue weighted by molar-refractivity contribution is 5.71. The number of ether oxygens (including phenoxy) is 1. The fourth-order valence-corrected chi connectivity index (χ4v) is 2.36. The zero-order valence-electron chi connectivity index (χ0n) is 10.7. The smallest absolute Gasteiger partial charge is 0.309 e. The molecule has 0 aromatic rings. The molecule has 0 amide bonds. The van der Waals surface area contributed by atoms with Gasteiger partial charge in [0.25, 0.3) is 0 Å². The lowest BCUT2D eigenvalue weighted by Crippen LogP contribution is -2.49. The molecule has 0 saturated carbocycles. The number of hydrogen-bond donors (Lipinski definition) is 1. The zero-order chi connectivity index (χ0) is 12.4. The second kappa shape index (κ2) is 4.58. The molecule has 16 heavy (non-hydrogen) atoms. The fraction of sp³-hybridized carbons (Fsp3) is 0.769. The monoisotopic (exact) mass is 226 g/mol. The molecule has 0 fully saturated rings. The molecule has 0 bridgehead atoms. The lowest BCUT2D eigenvalue weighted by molar-refractivity contribution is -0.152. The number of carbonyl (C=O) groups excluding carboxylic acids is 1. The summed E-state index contributed by atoms with van der Waals surface area (Å²) in [4.78, 5) is 11.5. The summed E-state index contributed by atoms with van der Waals surface area (Å²) < 4.78 is 4.93. The molecule has 1 N–H and O–H groups in total. The summed E-state index contributed by atoms with van der Waals surface area (Å²) in [7, 11) is 0. The molecule has 1 aliphatic rings.